The minimum Gasteiger partial charge on any atom is -0.493 e. The molecular formula is C16H24O4. The van der Waals surface area contributed by atoms with Crippen LogP contribution >= 0.6 is 0 Å². The van der Waals surface area contributed by atoms with Crippen molar-refractivity contribution in [3.63, 3.8) is 0 Å². The summed E-state index contributed by atoms with van der Waals surface area (Å²) in [5, 5.41) is 10.2. The molecule has 0 aliphatic heterocycles. The Morgan fingerprint density at radius 3 is 2.60 bits per heavy atom. The maximum absolute atomic E-state index is 11.0. The van der Waals surface area contributed by atoms with Gasteiger partial charge in [0.25, 0.3) is 0 Å². The summed E-state index contributed by atoms with van der Waals surface area (Å²) < 4.78 is 11.1. The van der Waals surface area contributed by atoms with Crippen LogP contribution in [-0.4, -0.2) is 30.2 Å². The Bertz CT molecular complexity index is 438. The summed E-state index contributed by atoms with van der Waals surface area (Å²) in [5.74, 6) is 1.16. The first kappa shape index (κ1) is 16.5. The van der Waals surface area contributed by atoms with E-state index >= 15 is 0 Å². The van der Waals surface area contributed by atoms with Crippen LogP contribution in [0.3, 0.4) is 0 Å². The highest BCUT2D eigenvalue weighted by atomic mass is 16.5. The van der Waals surface area contributed by atoms with E-state index in [0.29, 0.717) is 23.7 Å². The average Bonchev–Trinajstić information content (AvgIpc) is 2.42. The van der Waals surface area contributed by atoms with Crippen molar-refractivity contribution in [1.29, 1.82) is 0 Å². The lowest BCUT2D eigenvalue weighted by molar-refractivity contribution is -0.0268. The fourth-order valence-electron chi connectivity index (χ4n) is 1.44. The van der Waals surface area contributed by atoms with E-state index in [-0.39, 0.29) is 12.5 Å². The van der Waals surface area contributed by atoms with Crippen molar-refractivity contribution in [3.8, 4) is 11.5 Å². The Labute approximate surface area is 120 Å². The van der Waals surface area contributed by atoms with Gasteiger partial charge in [0, 0.05) is 6.07 Å². The number of ether oxygens (including phenoxy) is 2. The van der Waals surface area contributed by atoms with E-state index in [0.717, 1.165) is 12.7 Å². The number of aldehydes is 1. The third-order valence-corrected chi connectivity index (χ3v) is 3.35. The van der Waals surface area contributed by atoms with Crippen LogP contribution < -0.4 is 9.47 Å². The maximum Gasteiger partial charge on any atom is 0.153 e. The maximum atomic E-state index is 11.0. The summed E-state index contributed by atoms with van der Waals surface area (Å²) in [4.78, 5) is 11.0. The van der Waals surface area contributed by atoms with Gasteiger partial charge in [0.2, 0.25) is 0 Å². The second kappa shape index (κ2) is 7.29. The Morgan fingerprint density at radius 2 is 2.05 bits per heavy atom. The molecule has 1 aromatic carbocycles. The zero-order chi connectivity index (χ0) is 15.2. The van der Waals surface area contributed by atoms with E-state index in [4.69, 9.17) is 9.47 Å². The number of hydrogen-bond donors (Lipinski definition) is 1. The molecule has 0 heterocycles. The first-order valence-corrected chi connectivity index (χ1v) is 6.98. The molecule has 4 heteroatoms. The van der Waals surface area contributed by atoms with Crippen molar-refractivity contribution in [2.45, 2.75) is 39.7 Å². The molecule has 0 saturated heterocycles. The van der Waals surface area contributed by atoms with Gasteiger partial charge >= 0.3 is 0 Å². The van der Waals surface area contributed by atoms with Gasteiger partial charge in [-0.2, -0.15) is 0 Å². The molecule has 0 aliphatic rings. The SMILES string of the molecule is CCCOc1ccc(C=O)c(OCC(C)(O)C(C)C)c1. The van der Waals surface area contributed by atoms with E-state index in [1.807, 2.05) is 20.8 Å². The van der Waals surface area contributed by atoms with Gasteiger partial charge in [-0.05, 0) is 31.4 Å². The van der Waals surface area contributed by atoms with Crippen LogP contribution in [0.4, 0.5) is 0 Å². The lowest BCUT2D eigenvalue weighted by atomic mass is 9.94. The lowest BCUT2D eigenvalue weighted by Gasteiger charge is -2.27. The van der Waals surface area contributed by atoms with Gasteiger partial charge in [-0.1, -0.05) is 20.8 Å². The second-order valence-corrected chi connectivity index (χ2v) is 5.47. The molecule has 0 amide bonds. The van der Waals surface area contributed by atoms with E-state index in [1.54, 1.807) is 25.1 Å². The summed E-state index contributed by atoms with van der Waals surface area (Å²) >= 11 is 0. The molecule has 1 rings (SSSR count). The number of benzene rings is 1. The van der Waals surface area contributed by atoms with Gasteiger partial charge in [0.15, 0.2) is 6.29 Å². The van der Waals surface area contributed by atoms with Crippen LogP contribution in [0.2, 0.25) is 0 Å². The summed E-state index contributed by atoms with van der Waals surface area (Å²) in [6.45, 7) is 8.33. The zero-order valence-corrected chi connectivity index (χ0v) is 12.7. The number of carbonyl (C=O) groups is 1. The number of rotatable bonds is 8. The molecule has 4 nitrogen and oxygen atoms in total. The minimum atomic E-state index is -0.944. The normalized spacial score (nSPS) is 13.9. The molecule has 20 heavy (non-hydrogen) atoms. The van der Waals surface area contributed by atoms with Gasteiger partial charge in [-0.3, -0.25) is 4.79 Å². The molecule has 112 valence electrons. The van der Waals surface area contributed by atoms with Crippen molar-refractivity contribution in [2.75, 3.05) is 13.2 Å². The molecule has 0 aliphatic carbocycles. The number of aliphatic hydroxyl groups is 1. The fraction of sp³-hybridized carbons (Fsp3) is 0.562. The molecule has 0 radical (unpaired) electrons. The molecular weight excluding hydrogens is 256 g/mol. The van der Waals surface area contributed by atoms with E-state index in [2.05, 4.69) is 0 Å². The quantitative estimate of drug-likeness (QED) is 0.743. The third kappa shape index (κ3) is 4.53. The van der Waals surface area contributed by atoms with Crippen LogP contribution in [0.5, 0.6) is 11.5 Å². The number of hydrogen-bond acceptors (Lipinski definition) is 4. The van der Waals surface area contributed by atoms with Crippen LogP contribution in [0.25, 0.3) is 0 Å². The molecule has 1 N–H and O–H groups in total. The second-order valence-electron chi connectivity index (χ2n) is 5.47. The number of carbonyl (C=O) groups excluding carboxylic acids is 1. The molecule has 0 spiro atoms. The molecule has 0 bridgehead atoms. The highest BCUT2D eigenvalue weighted by molar-refractivity contribution is 5.79. The Hall–Kier alpha value is -1.55. The molecule has 0 fully saturated rings. The molecule has 1 aromatic rings. The standard InChI is InChI=1S/C16H24O4/c1-5-8-19-14-7-6-13(10-17)15(9-14)20-11-16(4,18)12(2)3/h6-7,9-10,12,18H,5,8,11H2,1-4H3. The summed E-state index contributed by atoms with van der Waals surface area (Å²) in [7, 11) is 0. The van der Waals surface area contributed by atoms with Crippen molar-refractivity contribution >= 4 is 6.29 Å². The third-order valence-electron chi connectivity index (χ3n) is 3.35. The minimum absolute atomic E-state index is 0.0571. The van der Waals surface area contributed by atoms with Crippen molar-refractivity contribution in [3.05, 3.63) is 23.8 Å². The molecule has 0 saturated carbocycles. The predicted molar refractivity (Wildman–Crippen MR) is 78.6 cm³/mol. The highest BCUT2D eigenvalue weighted by Gasteiger charge is 2.26. The first-order chi connectivity index (χ1) is 9.40. The van der Waals surface area contributed by atoms with Crippen LogP contribution in [0, 0.1) is 5.92 Å². The topological polar surface area (TPSA) is 55.8 Å². The Morgan fingerprint density at radius 1 is 1.35 bits per heavy atom. The largest absolute Gasteiger partial charge is 0.493 e. The zero-order valence-electron chi connectivity index (χ0n) is 12.7. The van der Waals surface area contributed by atoms with Gasteiger partial charge in [0.1, 0.15) is 18.1 Å². The smallest absolute Gasteiger partial charge is 0.153 e. The van der Waals surface area contributed by atoms with Crippen LogP contribution in [-0.2, 0) is 0 Å². The van der Waals surface area contributed by atoms with E-state index in [1.165, 1.54) is 0 Å². The average molecular weight is 280 g/mol. The summed E-state index contributed by atoms with van der Waals surface area (Å²) in [5.41, 5.74) is -0.492. The van der Waals surface area contributed by atoms with Gasteiger partial charge in [-0.15, -0.1) is 0 Å². The van der Waals surface area contributed by atoms with Gasteiger partial charge < -0.3 is 14.6 Å². The van der Waals surface area contributed by atoms with Crippen LogP contribution in [0.15, 0.2) is 18.2 Å². The predicted octanol–water partition coefficient (Wildman–Crippen LogP) is 3.07. The first-order valence-electron chi connectivity index (χ1n) is 6.98. The van der Waals surface area contributed by atoms with Crippen molar-refractivity contribution < 1.29 is 19.4 Å². The van der Waals surface area contributed by atoms with Gasteiger partial charge in [-0.25, -0.2) is 0 Å². The van der Waals surface area contributed by atoms with E-state index < -0.39 is 5.60 Å². The highest BCUT2D eigenvalue weighted by Crippen LogP contribution is 2.26. The molecule has 1 atom stereocenters. The fourth-order valence-corrected chi connectivity index (χ4v) is 1.44. The Kier molecular flexibility index (Phi) is 6.02. The molecule has 1 unspecified atom stereocenters. The monoisotopic (exact) mass is 280 g/mol. The van der Waals surface area contributed by atoms with Gasteiger partial charge in [0.05, 0.1) is 17.8 Å². The summed E-state index contributed by atoms with van der Waals surface area (Å²) in [6, 6.07) is 5.10. The molecule has 0 aromatic heterocycles. The van der Waals surface area contributed by atoms with Crippen LogP contribution in [0.1, 0.15) is 44.5 Å². The van der Waals surface area contributed by atoms with Crippen molar-refractivity contribution in [1.82, 2.24) is 0 Å². The Balaban J connectivity index is 2.83. The summed E-state index contributed by atoms with van der Waals surface area (Å²) in [6.07, 6.45) is 1.65. The van der Waals surface area contributed by atoms with Crippen molar-refractivity contribution in [2.24, 2.45) is 5.92 Å². The lowest BCUT2D eigenvalue weighted by Crippen LogP contribution is -2.37. The van der Waals surface area contributed by atoms with E-state index in [9.17, 15) is 9.90 Å².